The number of alkyl halides is 3. The van der Waals surface area contributed by atoms with Crippen molar-refractivity contribution in [2.45, 2.75) is 57.9 Å². The lowest BCUT2D eigenvalue weighted by Gasteiger charge is -2.27. The smallest absolute Gasteiger partial charge is 0.346 e. The molecule has 1 heterocycles. The first-order valence-electron chi connectivity index (χ1n) is 10.8. The standard InChI is InChI=1S/C24H24ClF3N4O2/c1-14-11-17(25)7-10-19(14)21-30-31(22(34)32(21)18-8-9-18)13-20(33)29-23(2,3)15-5-4-6-16(12-15)24(26,27)28/h4-7,10-12,18H,8-9,13H2,1-3H3,(H,29,33). The van der Waals surface area contributed by atoms with Crippen LogP contribution in [0.4, 0.5) is 13.2 Å². The first kappa shape index (κ1) is 24.1. The van der Waals surface area contributed by atoms with Crippen molar-refractivity contribution < 1.29 is 18.0 Å². The summed E-state index contributed by atoms with van der Waals surface area (Å²) in [5.74, 6) is -0.0732. The van der Waals surface area contributed by atoms with Crippen LogP contribution in [-0.2, 0) is 23.1 Å². The molecule has 1 aliphatic rings. The first-order chi connectivity index (χ1) is 15.9. The second kappa shape index (κ2) is 8.61. The van der Waals surface area contributed by atoms with Crippen LogP contribution < -0.4 is 11.0 Å². The number of carbonyl (C=O) groups is 1. The lowest BCUT2D eigenvalue weighted by atomic mass is 9.92. The maximum atomic E-state index is 13.1. The molecule has 1 fully saturated rings. The Labute approximate surface area is 199 Å². The van der Waals surface area contributed by atoms with Crippen LogP contribution in [0.1, 0.15) is 49.4 Å². The highest BCUT2D eigenvalue weighted by Crippen LogP contribution is 2.37. The third kappa shape index (κ3) is 4.89. The summed E-state index contributed by atoms with van der Waals surface area (Å²) in [7, 11) is 0. The molecule has 3 aromatic rings. The molecule has 6 nitrogen and oxygen atoms in total. The van der Waals surface area contributed by atoms with Gasteiger partial charge in [0.15, 0.2) is 5.82 Å². The van der Waals surface area contributed by atoms with Crippen LogP contribution in [0.5, 0.6) is 0 Å². The van der Waals surface area contributed by atoms with Crippen molar-refractivity contribution in [3.05, 3.63) is 74.7 Å². The van der Waals surface area contributed by atoms with Gasteiger partial charge in [0.1, 0.15) is 6.54 Å². The summed E-state index contributed by atoms with van der Waals surface area (Å²) in [6.07, 6.45) is -2.80. The summed E-state index contributed by atoms with van der Waals surface area (Å²) in [4.78, 5) is 25.9. The molecule has 0 atom stereocenters. The Kier molecular flexibility index (Phi) is 6.10. The lowest BCUT2D eigenvalue weighted by Crippen LogP contribution is -2.44. The number of rotatable bonds is 6. The zero-order chi connectivity index (χ0) is 24.8. The van der Waals surface area contributed by atoms with Gasteiger partial charge in [-0.25, -0.2) is 9.48 Å². The van der Waals surface area contributed by atoms with E-state index in [1.54, 1.807) is 36.6 Å². The number of carbonyl (C=O) groups excluding carboxylic acids is 1. The molecule has 0 bridgehead atoms. The van der Waals surface area contributed by atoms with Gasteiger partial charge in [-0.15, -0.1) is 5.10 Å². The van der Waals surface area contributed by atoms with Gasteiger partial charge in [-0.05, 0) is 75.1 Å². The van der Waals surface area contributed by atoms with Crippen molar-refractivity contribution in [1.29, 1.82) is 0 Å². The summed E-state index contributed by atoms with van der Waals surface area (Å²) in [6, 6.07) is 10.1. The Bertz CT molecular complexity index is 1310. The normalized spacial score (nSPS) is 14.3. The summed E-state index contributed by atoms with van der Waals surface area (Å²) < 4.78 is 42.0. The number of hydrogen-bond acceptors (Lipinski definition) is 3. The molecule has 0 saturated heterocycles. The van der Waals surface area contributed by atoms with Gasteiger partial charge in [0, 0.05) is 16.6 Å². The molecule has 10 heteroatoms. The van der Waals surface area contributed by atoms with Gasteiger partial charge in [0.25, 0.3) is 0 Å². The van der Waals surface area contributed by atoms with Gasteiger partial charge in [0.05, 0.1) is 11.1 Å². The fraction of sp³-hybridized carbons (Fsp3) is 0.375. The van der Waals surface area contributed by atoms with Gasteiger partial charge in [0.2, 0.25) is 5.91 Å². The van der Waals surface area contributed by atoms with Crippen LogP contribution >= 0.6 is 11.6 Å². The zero-order valence-electron chi connectivity index (χ0n) is 18.9. The Balaban J connectivity index is 1.60. The number of aryl methyl sites for hydroxylation is 1. The van der Waals surface area contributed by atoms with Crippen LogP contribution in [0, 0.1) is 6.92 Å². The average molecular weight is 493 g/mol. The minimum atomic E-state index is -4.49. The highest BCUT2D eigenvalue weighted by atomic mass is 35.5. The van der Waals surface area contributed by atoms with Crippen molar-refractivity contribution in [1.82, 2.24) is 19.7 Å². The Hall–Kier alpha value is -3.07. The van der Waals surface area contributed by atoms with E-state index in [2.05, 4.69) is 10.4 Å². The van der Waals surface area contributed by atoms with E-state index in [9.17, 15) is 22.8 Å². The first-order valence-corrected chi connectivity index (χ1v) is 11.2. The van der Waals surface area contributed by atoms with Gasteiger partial charge in [-0.3, -0.25) is 9.36 Å². The molecule has 1 aromatic heterocycles. The average Bonchev–Trinajstić information content (AvgIpc) is 3.52. The van der Waals surface area contributed by atoms with Gasteiger partial charge in [-0.2, -0.15) is 13.2 Å². The van der Waals surface area contributed by atoms with E-state index in [-0.39, 0.29) is 12.6 Å². The SMILES string of the molecule is Cc1cc(Cl)ccc1-c1nn(CC(=O)NC(C)(C)c2cccc(C(F)(F)F)c2)c(=O)n1C1CC1. The number of nitrogens with one attached hydrogen (secondary N) is 1. The van der Waals surface area contributed by atoms with Crippen LogP contribution in [0.3, 0.4) is 0 Å². The zero-order valence-corrected chi connectivity index (χ0v) is 19.7. The monoisotopic (exact) mass is 492 g/mol. The maximum Gasteiger partial charge on any atom is 0.416 e. The molecular formula is C24H24ClF3N4O2. The van der Waals surface area contributed by atoms with Crippen molar-refractivity contribution >= 4 is 17.5 Å². The third-order valence-corrected chi connectivity index (χ3v) is 6.10. The summed E-state index contributed by atoms with van der Waals surface area (Å²) in [6.45, 7) is 4.72. The Morgan fingerprint density at radius 2 is 1.82 bits per heavy atom. The number of nitrogens with zero attached hydrogens (tertiary/aromatic N) is 3. The molecule has 0 radical (unpaired) electrons. The van der Waals surface area contributed by atoms with Crippen LogP contribution in [0.2, 0.25) is 5.02 Å². The third-order valence-electron chi connectivity index (χ3n) is 5.87. The molecule has 1 N–H and O–H groups in total. The van der Waals surface area contributed by atoms with E-state index < -0.39 is 28.9 Å². The van der Waals surface area contributed by atoms with Crippen molar-refractivity contribution in [2.24, 2.45) is 0 Å². The van der Waals surface area contributed by atoms with Crippen LogP contribution in [0.15, 0.2) is 47.3 Å². The summed E-state index contributed by atoms with van der Waals surface area (Å²) in [5.41, 5.74) is -0.410. The molecule has 4 rings (SSSR count). The second-order valence-electron chi connectivity index (χ2n) is 9.08. The summed E-state index contributed by atoms with van der Waals surface area (Å²) >= 11 is 6.06. The molecule has 0 aliphatic heterocycles. The molecule has 1 amide bonds. The van der Waals surface area contributed by atoms with E-state index >= 15 is 0 Å². The van der Waals surface area contributed by atoms with E-state index in [1.807, 2.05) is 6.92 Å². The van der Waals surface area contributed by atoms with Crippen molar-refractivity contribution in [3.63, 3.8) is 0 Å². The van der Waals surface area contributed by atoms with Crippen LogP contribution in [-0.4, -0.2) is 20.3 Å². The minimum absolute atomic E-state index is 0.0240. The molecule has 1 aliphatic carbocycles. The lowest BCUT2D eigenvalue weighted by molar-refractivity contribution is -0.137. The second-order valence-corrected chi connectivity index (χ2v) is 9.51. The predicted molar refractivity (Wildman–Crippen MR) is 123 cm³/mol. The van der Waals surface area contributed by atoms with Crippen molar-refractivity contribution in [3.8, 4) is 11.4 Å². The van der Waals surface area contributed by atoms with Gasteiger partial charge < -0.3 is 5.32 Å². The highest BCUT2D eigenvalue weighted by Gasteiger charge is 2.34. The highest BCUT2D eigenvalue weighted by molar-refractivity contribution is 6.30. The van der Waals surface area contributed by atoms with E-state index in [0.29, 0.717) is 16.4 Å². The maximum absolute atomic E-state index is 13.1. The number of amides is 1. The topological polar surface area (TPSA) is 68.9 Å². The van der Waals surface area contributed by atoms with Gasteiger partial charge in [-0.1, -0.05) is 23.7 Å². The van der Waals surface area contributed by atoms with E-state index in [1.165, 1.54) is 12.1 Å². The molecule has 180 valence electrons. The van der Waals surface area contributed by atoms with Gasteiger partial charge >= 0.3 is 11.9 Å². The summed E-state index contributed by atoms with van der Waals surface area (Å²) in [5, 5.41) is 7.73. The quantitative estimate of drug-likeness (QED) is 0.522. The number of hydrogen-bond donors (Lipinski definition) is 1. The molecular weight excluding hydrogens is 469 g/mol. The van der Waals surface area contributed by atoms with E-state index in [0.717, 1.165) is 40.8 Å². The minimum Gasteiger partial charge on any atom is -0.346 e. The Morgan fingerprint density at radius 3 is 2.44 bits per heavy atom. The fourth-order valence-electron chi connectivity index (χ4n) is 3.93. The number of benzene rings is 2. The number of halogens is 4. The molecule has 34 heavy (non-hydrogen) atoms. The largest absolute Gasteiger partial charge is 0.416 e. The van der Waals surface area contributed by atoms with E-state index in [4.69, 9.17) is 11.6 Å². The fourth-order valence-corrected chi connectivity index (χ4v) is 4.15. The molecule has 0 spiro atoms. The van der Waals surface area contributed by atoms with Crippen molar-refractivity contribution in [2.75, 3.05) is 0 Å². The predicted octanol–water partition coefficient (Wildman–Crippen LogP) is 5.08. The molecule has 1 saturated carbocycles. The Morgan fingerprint density at radius 1 is 1.15 bits per heavy atom. The molecule has 0 unspecified atom stereocenters. The molecule has 2 aromatic carbocycles. The van der Waals surface area contributed by atoms with Crippen LogP contribution in [0.25, 0.3) is 11.4 Å². The number of aromatic nitrogens is 3.